The van der Waals surface area contributed by atoms with E-state index in [1.54, 1.807) is 0 Å². The lowest BCUT2D eigenvalue weighted by atomic mass is 9.80. The average Bonchev–Trinajstić information content (AvgIpc) is 2.42. The number of benzene rings is 1. The summed E-state index contributed by atoms with van der Waals surface area (Å²) in [7, 11) is 0. The molecular weight excluding hydrogens is 232 g/mol. The van der Waals surface area contributed by atoms with Gasteiger partial charge in [-0.1, -0.05) is 19.9 Å². The quantitative estimate of drug-likeness (QED) is 0.855. The van der Waals surface area contributed by atoms with Crippen LogP contribution in [0.15, 0.2) is 36.5 Å². The van der Waals surface area contributed by atoms with E-state index in [-0.39, 0.29) is 0 Å². The molecule has 3 atom stereocenters. The fourth-order valence-corrected chi connectivity index (χ4v) is 3.31. The summed E-state index contributed by atoms with van der Waals surface area (Å²) < 4.78 is 0. The highest BCUT2D eigenvalue weighted by atomic mass is 14.9. The van der Waals surface area contributed by atoms with Crippen LogP contribution in [0.5, 0.6) is 0 Å². The Labute approximate surface area is 115 Å². The molecular formula is C17H22N2. The number of aromatic nitrogens is 1. The molecule has 100 valence electrons. The molecule has 1 fully saturated rings. The van der Waals surface area contributed by atoms with E-state index in [1.807, 2.05) is 12.3 Å². The zero-order chi connectivity index (χ0) is 13.2. The molecule has 19 heavy (non-hydrogen) atoms. The molecule has 0 saturated heterocycles. The van der Waals surface area contributed by atoms with E-state index in [1.165, 1.54) is 30.3 Å². The van der Waals surface area contributed by atoms with Crippen molar-refractivity contribution in [1.29, 1.82) is 0 Å². The van der Waals surface area contributed by atoms with Gasteiger partial charge in [-0.3, -0.25) is 4.98 Å². The van der Waals surface area contributed by atoms with Crippen LogP contribution < -0.4 is 5.32 Å². The largest absolute Gasteiger partial charge is 0.381 e. The summed E-state index contributed by atoms with van der Waals surface area (Å²) in [5.74, 6) is 1.62. The maximum atomic E-state index is 4.43. The number of pyridine rings is 1. The maximum absolute atomic E-state index is 4.43. The predicted octanol–water partition coefficient (Wildman–Crippen LogP) is 4.47. The topological polar surface area (TPSA) is 24.9 Å². The van der Waals surface area contributed by atoms with Crippen LogP contribution >= 0.6 is 0 Å². The van der Waals surface area contributed by atoms with E-state index in [0.717, 1.165) is 17.4 Å². The number of anilines is 1. The van der Waals surface area contributed by atoms with Crippen LogP contribution in [0.3, 0.4) is 0 Å². The number of hydrogen-bond acceptors (Lipinski definition) is 2. The van der Waals surface area contributed by atoms with Crippen molar-refractivity contribution in [2.45, 2.75) is 39.2 Å². The van der Waals surface area contributed by atoms with Gasteiger partial charge in [-0.05, 0) is 55.4 Å². The number of hydrogen-bond donors (Lipinski definition) is 1. The van der Waals surface area contributed by atoms with Gasteiger partial charge in [0, 0.05) is 23.3 Å². The van der Waals surface area contributed by atoms with Gasteiger partial charge in [-0.25, -0.2) is 0 Å². The van der Waals surface area contributed by atoms with Crippen molar-refractivity contribution in [2.75, 3.05) is 5.32 Å². The molecule has 0 radical (unpaired) electrons. The second kappa shape index (κ2) is 5.20. The number of nitrogens with zero attached hydrogens (tertiary/aromatic N) is 1. The zero-order valence-corrected chi connectivity index (χ0v) is 11.8. The number of rotatable bonds is 2. The van der Waals surface area contributed by atoms with Crippen molar-refractivity contribution in [3.05, 3.63) is 36.5 Å². The lowest BCUT2D eigenvalue weighted by Crippen LogP contribution is -2.33. The number of nitrogens with one attached hydrogen (secondary N) is 1. The Morgan fingerprint density at radius 3 is 2.84 bits per heavy atom. The molecule has 3 unspecified atom stereocenters. The highest BCUT2D eigenvalue weighted by Crippen LogP contribution is 2.32. The molecule has 1 aromatic heterocycles. The van der Waals surface area contributed by atoms with Crippen LogP contribution in [0.4, 0.5) is 5.69 Å². The Morgan fingerprint density at radius 2 is 2.00 bits per heavy atom. The van der Waals surface area contributed by atoms with E-state index >= 15 is 0 Å². The molecule has 2 heteroatoms. The van der Waals surface area contributed by atoms with Gasteiger partial charge < -0.3 is 5.32 Å². The molecule has 2 nitrogen and oxygen atoms in total. The monoisotopic (exact) mass is 254 g/mol. The van der Waals surface area contributed by atoms with E-state index in [2.05, 4.69) is 48.4 Å². The second-order valence-corrected chi connectivity index (χ2v) is 6.02. The summed E-state index contributed by atoms with van der Waals surface area (Å²) in [4.78, 5) is 4.43. The molecule has 1 saturated carbocycles. The van der Waals surface area contributed by atoms with Crippen molar-refractivity contribution in [1.82, 2.24) is 4.98 Å². The van der Waals surface area contributed by atoms with Gasteiger partial charge >= 0.3 is 0 Å². The van der Waals surface area contributed by atoms with E-state index in [9.17, 15) is 0 Å². The summed E-state index contributed by atoms with van der Waals surface area (Å²) in [6, 6.07) is 11.1. The van der Waals surface area contributed by atoms with Gasteiger partial charge in [0.05, 0.1) is 5.52 Å². The molecule has 1 aliphatic carbocycles. The predicted molar refractivity (Wildman–Crippen MR) is 81.3 cm³/mol. The van der Waals surface area contributed by atoms with Crippen LogP contribution in [-0.4, -0.2) is 11.0 Å². The van der Waals surface area contributed by atoms with E-state index in [4.69, 9.17) is 0 Å². The van der Waals surface area contributed by atoms with Crippen molar-refractivity contribution in [3.8, 4) is 0 Å². The molecule has 3 rings (SSSR count). The fourth-order valence-electron chi connectivity index (χ4n) is 3.31. The molecule has 2 aromatic rings. The molecule has 1 aliphatic rings. The Hall–Kier alpha value is -1.57. The Morgan fingerprint density at radius 1 is 1.11 bits per heavy atom. The van der Waals surface area contributed by atoms with Crippen LogP contribution in [0.25, 0.3) is 10.9 Å². The lowest BCUT2D eigenvalue weighted by Gasteiger charge is -2.34. The maximum Gasteiger partial charge on any atom is 0.0722 e. The smallest absolute Gasteiger partial charge is 0.0722 e. The molecule has 0 amide bonds. The highest BCUT2D eigenvalue weighted by Gasteiger charge is 2.25. The summed E-state index contributed by atoms with van der Waals surface area (Å²) in [5.41, 5.74) is 2.31. The number of fused-ring (bicyclic) bond motifs is 1. The highest BCUT2D eigenvalue weighted by molar-refractivity contribution is 5.91. The SMILES string of the molecule is CC1CCC(Nc2cccc3ncccc23)C(C)C1. The van der Waals surface area contributed by atoms with E-state index in [0.29, 0.717) is 6.04 Å². The van der Waals surface area contributed by atoms with Crippen LogP contribution in [-0.2, 0) is 0 Å². The minimum Gasteiger partial charge on any atom is -0.381 e. The first-order chi connectivity index (χ1) is 9.24. The first-order valence-corrected chi connectivity index (χ1v) is 7.34. The van der Waals surface area contributed by atoms with Gasteiger partial charge in [-0.15, -0.1) is 0 Å². The Kier molecular flexibility index (Phi) is 3.41. The van der Waals surface area contributed by atoms with Crippen molar-refractivity contribution in [2.24, 2.45) is 11.8 Å². The fraction of sp³-hybridized carbons (Fsp3) is 0.471. The van der Waals surface area contributed by atoms with Crippen molar-refractivity contribution < 1.29 is 0 Å². The normalized spacial score (nSPS) is 27.4. The first-order valence-electron chi connectivity index (χ1n) is 7.34. The molecule has 1 aromatic carbocycles. The summed E-state index contributed by atoms with van der Waals surface area (Å²) >= 11 is 0. The Bertz CT molecular complexity index is 559. The summed E-state index contributed by atoms with van der Waals surface area (Å²) in [6.45, 7) is 4.74. The van der Waals surface area contributed by atoms with E-state index < -0.39 is 0 Å². The van der Waals surface area contributed by atoms with Gasteiger partial charge in [0.25, 0.3) is 0 Å². The van der Waals surface area contributed by atoms with Gasteiger partial charge in [0.1, 0.15) is 0 Å². The van der Waals surface area contributed by atoms with Crippen molar-refractivity contribution in [3.63, 3.8) is 0 Å². The van der Waals surface area contributed by atoms with Crippen LogP contribution in [0, 0.1) is 11.8 Å². The van der Waals surface area contributed by atoms with Gasteiger partial charge in [0.15, 0.2) is 0 Å². The molecule has 0 bridgehead atoms. The third-order valence-corrected chi connectivity index (χ3v) is 4.42. The minimum atomic E-state index is 0.599. The molecule has 1 N–H and O–H groups in total. The lowest BCUT2D eigenvalue weighted by molar-refractivity contribution is 0.276. The summed E-state index contributed by atoms with van der Waals surface area (Å²) in [6.07, 6.45) is 5.81. The third-order valence-electron chi connectivity index (χ3n) is 4.42. The van der Waals surface area contributed by atoms with Gasteiger partial charge in [0.2, 0.25) is 0 Å². The zero-order valence-electron chi connectivity index (χ0n) is 11.8. The van der Waals surface area contributed by atoms with Crippen molar-refractivity contribution >= 4 is 16.6 Å². The molecule has 1 heterocycles. The third kappa shape index (κ3) is 2.58. The standard InChI is InChI=1S/C17H22N2/c1-12-8-9-15(13(2)11-12)19-17-7-3-6-16-14(17)5-4-10-18-16/h3-7,10,12-13,15,19H,8-9,11H2,1-2H3. The van der Waals surface area contributed by atoms with Crippen LogP contribution in [0.2, 0.25) is 0 Å². The molecule has 0 aliphatic heterocycles. The molecule has 0 spiro atoms. The second-order valence-electron chi connectivity index (χ2n) is 6.02. The summed E-state index contributed by atoms with van der Waals surface area (Å²) in [5, 5.41) is 4.99. The Balaban J connectivity index is 1.85. The average molecular weight is 254 g/mol. The minimum absolute atomic E-state index is 0.599. The first kappa shape index (κ1) is 12.5. The van der Waals surface area contributed by atoms with Gasteiger partial charge in [-0.2, -0.15) is 0 Å². The van der Waals surface area contributed by atoms with Crippen LogP contribution in [0.1, 0.15) is 33.1 Å².